The molecule has 2 fully saturated rings. The minimum Gasteiger partial charge on any atom is -0.355 e. The zero-order chi connectivity index (χ0) is 13.7. The van der Waals surface area contributed by atoms with E-state index >= 15 is 0 Å². The van der Waals surface area contributed by atoms with Crippen molar-refractivity contribution in [1.82, 2.24) is 20.4 Å². The summed E-state index contributed by atoms with van der Waals surface area (Å²) in [6, 6.07) is 0.630. The van der Waals surface area contributed by atoms with Crippen LogP contribution in [0.15, 0.2) is 4.99 Å². The first-order valence-corrected chi connectivity index (χ1v) is 7.14. The third-order valence-electron chi connectivity index (χ3n) is 3.68. The minimum atomic E-state index is 0.187. The molecule has 1 saturated carbocycles. The molecule has 2 N–H and O–H groups in total. The van der Waals surface area contributed by atoms with Gasteiger partial charge in [0.1, 0.15) is 0 Å². The number of hydrogen-bond donors (Lipinski definition) is 2. The van der Waals surface area contributed by atoms with Crippen LogP contribution < -0.4 is 10.6 Å². The topological polar surface area (TPSA) is 60.0 Å². The summed E-state index contributed by atoms with van der Waals surface area (Å²) in [5.41, 5.74) is 0. The Balaban J connectivity index is 1.59. The highest BCUT2D eigenvalue weighted by Crippen LogP contribution is 2.18. The molecule has 6 heteroatoms. The van der Waals surface area contributed by atoms with Crippen molar-refractivity contribution in [2.24, 2.45) is 4.99 Å². The Morgan fingerprint density at radius 1 is 1.26 bits per heavy atom. The van der Waals surface area contributed by atoms with Crippen LogP contribution in [-0.4, -0.2) is 74.0 Å². The predicted molar refractivity (Wildman–Crippen MR) is 76.2 cm³/mol. The van der Waals surface area contributed by atoms with Gasteiger partial charge in [-0.2, -0.15) is 0 Å². The highest BCUT2D eigenvalue weighted by Gasteiger charge is 2.22. The number of carbonyl (C=O) groups excluding carboxylic acids is 1. The van der Waals surface area contributed by atoms with Gasteiger partial charge >= 0.3 is 0 Å². The number of guanidine groups is 1. The van der Waals surface area contributed by atoms with E-state index in [-0.39, 0.29) is 5.91 Å². The number of piperazine rings is 1. The zero-order valence-corrected chi connectivity index (χ0v) is 12.0. The van der Waals surface area contributed by atoms with Gasteiger partial charge in [-0.15, -0.1) is 0 Å². The molecular formula is C13H25N5O. The van der Waals surface area contributed by atoms with E-state index in [2.05, 4.69) is 20.5 Å². The maximum atomic E-state index is 11.2. The summed E-state index contributed by atoms with van der Waals surface area (Å²) < 4.78 is 0. The molecule has 0 aromatic heterocycles. The fourth-order valence-corrected chi connectivity index (χ4v) is 2.23. The van der Waals surface area contributed by atoms with Gasteiger partial charge in [0, 0.05) is 59.3 Å². The second-order valence-corrected chi connectivity index (χ2v) is 5.27. The first-order chi connectivity index (χ1) is 9.19. The molecule has 0 aromatic carbocycles. The van der Waals surface area contributed by atoms with Crippen LogP contribution in [0.4, 0.5) is 0 Å². The monoisotopic (exact) mass is 267 g/mol. The fraction of sp³-hybridized carbons (Fsp3) is 0.846. The van der Waals surface area contributed by atoms with Gasteiger partial charge in [-0.1, -0.05) is 0 Å². The summed E-state index contributed by atoms with van der Waals surface area (Å²) in [5.74, 6) is 1.09. The third kappa shape index (κ3) is 4.70. The van der Waals surface area contributed by atoms with Gasteiger partial charge in [-0.3, -0.25) is 14.7 Å². The standard InChI is InChI=1S/C13H25N5O/c1-11(19)18-9-7-17(8-10-18)6-5-15-13(14-2)16-12-3-4-12/h12H,3-10H2,1-2H3,(H2,14,15,16). The van der Waals surface area contributed by atoms with Crippen LogP contribution in [0.25, 0.3) is 0 Å². The molecule has 108 valence electrons. The Labute approximate surface area is 115 Å². The number of nitrogens with one attached hydrogen (secondary N) is 2. The molecule has 1 aliphatic carbocycles. The predicted octanol–water partition coefficient (Wildman–Crippen LogP) is -0.522. The summed E-state index contributed by atoms with van der Waals surface area (Å²) >= 11 is 0. The number of aliphatic imine (C=N–C) groups is 1. The van der Waals surface area contributed by atoms with E-state index in [1.807, 2.05) is 11.9 Å². The van der Waals surface area contributed by atoms with Gasteiger partial charge in [0.25, 0.3) is 0 Å². The first-order valence-electron chi connectivity index (χ1n) is 7.14. The van der Waals surface area contributed by atoms with Crippen LogP contribution in [0.3, 0.4) is 0 Å². The maximum absolute atomic E-state index is 11.2. The number of amides is 1. The molecule has 2 aliphatic rings. The molecule has 1 aliphatic heterocycles. The van der Waals surface area contributed by atoms with Crippen LogP contribution in [0.5, 0.6) is 0 Å². The molecule has 0 unspecified atom stereocenters. The Morgan fingerprint density at radius 2 is 1.95 bits per heavy atom. The Morgan fingerprint density at radius 3 is 2.47 bits per heavy atom. The molecule has 2 rings (SSSR count). The van der Waals surface area contributed by atoms with Crippen molar-refractivity contribution in [3.8, 4) is 0 Å². The number of carbonyl (C=O) groups is 1. The van der Waals surface area contributed by atoms with Crippen molar-refractivity contribution in [3.05, 3.63) is 0 Å². The summed E-state index contributed by atoms with van der Waals surface area (Å²) in [6.45, 7) is 7.18. The van der Waals surface area contributed by atoms with E-state index in [0.29, 0.717) is 6.04 Å². The Hall–Kier alpha value is -1.30. The average molecular weight is 267 g/mol. The van der Waals surface area contributed by atoms with E-state index in [1.54, 1.807) is 6.92 Å². The molecule has 1 heterocycles. The first kappa shape index (κ1) is 14.1. The molecule has 0 aromatic rings. The largest absolute Gasteiger partial charge is 0.355 e. The van der Waals surface area contributed by atoms with E-state index in [4.69, 9.17) is 0 Å². The lowest BCUT2D eigenvalue weighted by Crippen LogP contribution is -2.50. The van der Waals surface area contributed by atoms with E-state index in [0.717, 1.165) is 45.2 Å². The highest BCUT2D eigenvalue weighted by molar-refractivity contribution is 5.80. The molecule has 0 radical (unpaired) electrons. The average Bonchev–Trinajstić information content (AvgIpc) is 3.22. The number of rotatable bonds is 4. The van der Waals surface area contributed by atoms with Crippen LogP contribution in [0, 0.1) is 0 Å². The molecular weight excluding hydrogens is 242 g/mol. The summed E-state index contributed by atoms with van der Waals surface area (Å²) in [4.78, 5) is 19.7. The van der Waals surface area contributed by atoms with Gasteiger partial charge in [-0.25, -0.2) is 0 Å². The number of nitrogens with zero attached hydrogens (tertiary/aromatic N) is 3. The van der Waals surface area contributed by atoms with E-state index in [1.165, 1.54) is 12.8 Å². The van der Waals surface area contributed by atoms with Gasteiger partial charge in [0.2, 0.25) is 5.91 Å². The summed E-state index contributed by atoms with van der Waals surface area (Å²) in [7, 11) is 1.81. The van der Waals surface area contributed by atoms with Crippen LogP contribution in [0.2, 0.25) is 0 Å². The maximum Gasteiger partial charge on any atom is 0.219 e. The van der Waals surface area contributed by atoms with Crippen LogP contribution in [-0.2, 0) is 4.79 Å². The second kappa shape index (κ2) is 6.75. The molecule has 1 saturated heterocycles. The smallest absolute Gasteiger partial charge is 0.219 e. The third-order valence-corrected chi connectivity index (χ3v) is 3.68. The van der Waals surface area contributed by atoms with Crippen LogP contribution in [0.1, 0.15) is 19.8 Å². The second-order valence-electron chi connectivity index (χ2n) is 5.27. The summed E-state index contributed by atoms with van der Waals surface area (Å²) in [5, 5.41) is 6.71. The summed E-state index contributed by atoms with van der Waals surface area (Å²) in [6.07, 6.45) is 2.52. The van der Waals surface area contributed by atoms with Crippen molar-refractivity contribution < 1.29 is 4.79 Å². The van der Waals surface area contributed by atoms with Crippen molar-refractivity contribution in [1.29, 1.82) is 0 Å². The van der Waals surface area contributed by atoms with Crippen molar-refractivity contribution in [3.63, 3.8) is 0 Å². The molecule has 0 bridgehead atoms. The Kier molecular flexibility index (Phi) is 5.01. The van der Waals surface area contributed by atoms with Crippen molar-refractivity contribution in [2.75, 3.05) is 46.3 Å². The fourth-order valence-electron chi connectivity index (χ4n) is 2.23. The number of hydrogen-bond acceptors (Lipinski definition) is 3. The molecule has 0 atom stereocenters. The van der Waals surface area contributed by atoms with Gasteiger partial charge < -0.3 is 15.5 Å². The van der Waals surface area contributed by atoms with Crippen molar-refractivity contribution in [2.45, 2.75) is 25.8 Å². The van der Waals surface area contributed by atoms with Gasteiger partial charge in [-0.05, 0) is 12.8 Å². The van der Waals surface area contributed by atoms with Crippen LogP contribution >= 0.6 is 0 Å². The van der Waals surface area contributed by atoms with Gasteiger partial charge in [0.05, 0.1) is 0 Å². The molecule has 1 amide bonds. The molecule has 0 spiro atoms. The SMILES string of the molecule is CN=C(NCCN1CCN(C(C)=O)CC1)NC1CC1. The highest BCUT2D eigenvalue weighted by atomic mass is 16.2. The quantitative estimate of drug-likeness (QED) is 0.531. The van der Waals surface area contributed by atoms with Gasteiger partial charge in [0.15, 0.2) is 5.96 Å². The normalized spacial score (nSPS) is 21.4. The lowest BCUT2D eigenvalue weighted by molar-refractivity contribution is -0.130. The van der Waals surface area contributed by atoms with E-state index in [9.17, 15) is 4.79 Å². The Bertz CT molecular complexity index is 332. The lowest BCUT2D eigenvalue weighted by Gasteiger charge is -2.34. The molecule has 6 nitrogen and oxygen atoms in total. The van der Waals surface area contributed by atoms with Crippen molar-refractivity contribution >= 4 is 11.9 Å². The lowest BCUT2D eigenvalue weighted by atomic mass is 10.3. The minimum absolute atomic E-state index is 0.187. The zero-order valence-electron chi connectivity index (χ0n) is 12.0. The van der Waals surface area contributed by atoms with E-state index < -0.39 is 0 Å². The molecule has 19 heavy (non-hydrogen) atoms.